The van der Waals surface area contributed by atoms with E-state index in [0.717, 1.165) is 0 Å². The van der Waals surface area contributed by atoms with Crippen LogP contribution in [0.4, 0.5) is 15.8 Å². The van der Waals surface area contributed by atoms with E-state index < -0.39 is 28.3 Å². The number of benzene rings is 2. The molecule has 1 aliphatic heterocycles. The molecule has 0 aliphatic carbocycles. The average molecular weight is 363 g/mol. The first-order valence-corrected chi connectivity index (χ1v) is 8.80. The molecule has 0 spiro atoms. The van der Waals surface area contributed by atoms with Gasteiger partial charge in [-0.3, -0.25) is 9.59 Å². The number of carbonyl (C=O) groups is 2. The minimum Gasteiger partial charge on any atom is -0.326 e. The Kier molecular flexibility index (Phi) is 4.51. The molecule has 3 rings (SSSR count). The fourth-order valence-electron chi connectivity index (χ4n) is 2.37. The van der Waals surface area contributed by atoms with Crippen LogP contribution < -0.4 is 15.4 Å². The quantitative estimate of drug-likeness (QED) is 0.743. The molecule has 1 aliphatic rings. The van der Waals surface area contributed by atoms with Crippen LogP contribution in [0.2, 0.25) is 0 Å². The van der Waals surface area contributed by atoms with Gasteiger partial charge in [-0.15, -0.1) is 0 Å². The van der Waals surface area contributed by atoms with Crippen LogP contribution in [0.1, 0.15) is 5.56 Å². The predicted octanol–water partition coefficient (Wildman–Crippen LogP) is 1.24. The van der Waals surface area contributed by atoms with E-state index in [4.69, 9.17) is 0 Å². The Balaban J connectivity index is 1.66. The molecule has 25 heavy (non-hydrogen) atoms. The normalized spacial score (nSPS) is 13.2. The topological polar surface area (TPSA) is 104 Å². The highest BCUT2D eigenvalue weighted by Crippen LogP contribution is 2.25. The minimum atomic E-state index is -3.94. The highest BCUT2D eigenvalue weighted by Gasteiger charge is 2.22. The third-order valence-electron chi connectivity index (χ3n) is 3.58. The molecule has 3 N–H and O–H groups in total. The average Bonchev–Trinajstić information content (AvgIpc) is 2.94. The lowest BCUT2D eigenvalue weighted by molar-refractivity contribution is -0.115. The third-order valence-corrected chi connectivity index (χ3v) is 4.98. The van der Waals surface area contributed by atoms with Gasteiger partial charge in [-0.1, -0.05) is 12.1 Å². The van der Waals surface area contributed by atoms with Crippen LogP contribution in [0.3, 0.4) is 0 Å². The van der Waals surface area contributed by atoms with Gasteiger partial charge in [0.15, 0.2) is 0 Å². The SMILES string of the molecule is O=C(CNS(=O)(=O)c1ccc2c(c1)CC(=O)N2)Nc1ccccc1F. The number of hydrogen-bond donors (Lipinski definition) is 3. The lowest BCUT2D eigenvalue weighted by Gasteiger charge is -2.09. The Morgan fingerprint density at radius 1 is 1.20 bits per heavy atom. The second-order valence-electron chi connectivity index (χ2n) is 5.40. The van der Waals surface area contributed by atoms with Gasteiger partial charge in [0.1, 0.15) is 5.82 Å². The monoisotopic (exact) mass is 363 g/mol. The molecule has 0 fully saturated rings. The Bertz CT molecular complexity index is 960. The standard InChI is InChI=1S/C16H14FN3O4S/c17-12-3-1-2-4-14(12)20-16(22)9-18-25(23,24)11-5-6-13-10(7-11)8-15(21)19-13/h1-7,18H,8-9H2,(H,19,21)(H,20,22). The summed E-state index contributed by atoms with van der Waals surface area (Å²) < 4.78 is 40.1. The van der Waals surface area contributed by atoms with Gasteiger partial charge in [0.25, 0.3) is 0 Å². The number of anilines is 2. The number of hydrogen-bond acceptors (Lipinski definition) is 4. The first-order valence-electron chi connectivity index (χ1n) is 7.32. The fourth-order valence-corrected chi connectivity index (χ4v) is 3.41. The van der Waals surface area contributed by atoms with Crippen LogP contribution in [0.25, 0.3) is 0 Å². The molecule has 0 saturated heterocycles. The van der Waals surface area contributed by atoms with Crippen molar-refractivity contribution < 1.29 is 22.4 Å². The number of nitrogens with one attached hydrogen (secondary N) is 3. The molecule has 0 unspecified atom stereocenters. The number of sulfonamides is 1. The molecule has 130 valence electrons. The van der Waals surface area contributed by atoms with Crippen LogP contribution in [0.5, 0.6) is 0 Å². The highest BCUT2D eigenvalue weighted by molar-refractivity contribution is 7.89. The Labute approximate surface area is 143 Å². The van der Waals surface area contributed by atoms with E-state index in [1.54, 1.807) is 6.07 Å². The van der Waals surface area contributed by atoms with E-state index in [0.29, 0.717) is 11.3 Å². The van der Waals surface area contributed by atoms with Gasteiger partial charge in [0.05, 0.1) is 23.5 Å². The van der Waals surface area contributed by atoms with Gasteiger partial charge >= 0.3 is 0 Å². The molecule has 1 heterocycles. The molecule has 2 amide bonds. The van der Waals surface area contributed by atoms with E-state index in [-0.39, 0.29) is 22.9 Å². The van der Waals surface area contributed by atoms with Crippen molar-refractivity contribution in [1.29, 1.82) is 0 Å². The van der Waals surface area contributed by atoms with Crippen molar-refractivity contribution in [2.75, 3.05) is 17.2 Å². The number of carbonyl (C=O) groups excluding carboxylic acids is 2. The third kappa shape index (κ3) is 3.83. The number of fused-ring (bicyclic) bond motifs is 1. The van der Waals surface area contributed by atoms with E-state index in [2.05, 4.69) is 15.4 Å². The van der Waals surface area contributed by atoms with E-state index in [1.165, 1.54) is 36.4 Å². The van der Waals surface area contributed by atoms with Gasteiger partial charge in [0, 0.05) is 5.69 Å². The first-order chi connectivity index (χ1) is 11.8. The molecule has 0 radical (unpaired) electrons. The fraction of sp³-hybridized carbons (Fsp3) is 0.125. The molecule has 0 atom stereocenters. The van der Waals surface area contributed by atoms with Gasteiger partial charge in [-0.25, -0.2) is 17.5 Å². The van der Waals surface area contributed by atoms with Crippen molar-refractivity contribution in [1.82, 2.24) is 4.72 Å². The Morgan fingerprint density at radius 3 is 2.72 bits per heavy atom. The molecule has 0 saturated carbocycles. The predicted molar refractivity (Wildman–Crippen MR) is 89.0 cm³/mol. The molecular weight excluding hydrogens is 349 g/mol. The maximum atomic E-state index is 13.5. The van der Waals surface area contributed by atoms with Gasteiger partial charge < -0.3 is 10.6 Å². The summed E-state index contributed by atoms with van der Waals surface area (Å²) in [4.78, 5) is 23.1. The summed E-state index contributed by atoms with van der Waals surface area (Å²) in [5.41, 5.74) is 1.11. The summed E-state index contributed by atoms with van der Waals surface area (Å²) in [6, 6.07) is 9.77. The molecule has 9 heteroatoms. The number of halogens is 1. The Morgan fingerprint density at radius 2 is 1.96 bits per heavy atom. The number of para-hydroxylation sites is 1. The summed E-state index contributed by atoms with van der Waals surface area (Å²) >= 11 is 0. The van der Waals surface area contributed by atoms with E-state index in [9.17, 15) is 22.4 Å². The molecule has 7 nitrogen and oxygen atoms in total. The molecule has 0 bridgehead atoms. The maximum Gasteiger partial charge on any atom is 0.241 e. The molecule has 2 aromatic carbocycles. The van der Waals surface area contributed by atoms with Crippen molar-refractivity contribution >= 4 is 33.2 Å². The summed E-state index contributed by atoms with van der Waals surface area (Å²) in [7, 11) is -3.94. The van der Waals surface area contributed by atoms with Crippen molar-refractivity contribution in [3.63, 3.8) is 0 Å². The smallest absolute Gasteiger partial charge is 0.241 e. The van der Waals surface area contributed by atoms with E-state index >= 15 is 0 Å². The second kappa shape index (κ2) is 6.61. The highest BCUT2D eigenvalue weighted by atomic mass is 32.2. The van der Waals surface area contributed by atoms with E-state index in [1.807, 2.05) is 0 Å². The summed E-state index contributed by atoms with van der Waals surface area (Å²) in [5.74, 6) is -1.53. The first kappa shape index (κ1) is 17.1. The lowest BCUT2D eigenvalue weighted by Crippen LogP contribution is -2.33. The van der Waals surface area contributed by atoms with Crippen LogP contribution in [-0.4, -0.2) is 26.8 Å². The summed E-state index contributed by atoms with van der Waals surface area (Å²) in [5, 5.41) is 4.89. The maximum absolute atomic E-state index is 13.5. The van der Waals surface area contributed by atoms with Crippen LogP contribution in [0.15, 0.2) is 47.4 Å². The van der Waals surface area contributed by atoms with Crippen molar-refractivity contribution in [2.45, 2.75) is 11.3 Å². The number of amides is 2. The van der Waals surface area contributed by atoms with Crippen molar-refractivity contribution in [3.8, 4) is 0 Å². The van der Waals surface area contributed by atoms with Crippen molar-refractivity contribution in [3.05, 3.63) is 53.8 Å². The zero-order valence-corrected chi connectivity index (χ0v) is 13.7. The molecular formula is C16H14FN3O4S. The largest absolute Gasteiger partial charge is 0.326 e. The van der Waals surface area contributed by atoms with Gasteiger partial charge in [-0.2, -0.15) is 0 Å². The zero-order chi connectivity index (χ0) is 18.0. The molecule has 0 aromatic heterocycles. The summed E-state index contributed by atoms with van der Waals surface area (Å²) in [6.07, 6.45) is 0.104. The summed E-state index contributed by atoms with van der Waals surface area (Å²) in [6.45, 7) is -0.551. The minimum absolute atomic E-state index is 0.0335. The van der Waals surface area contributed by atoms with Crippen molar-refractivity contribution in [2.24, 2.45) is 0 Å². The van der Waals surface area contributed by atoms with Crippen LogP contribution >= 0.6 is 0 Å². The zero-order valence-electron chi connectivity index (χ0n) is 12.9. The van der Waals surface area contributed by atoms with Gasteiger partial charge in [-0.05, 0) is 35.9 Å². The van der Waals surface area contributed by atoms with Crippen LogP contribution in [0, 0.1) is 5.82 Å². The Hall–Kier alpha value is -2.78. The lowest BCUT2D eigenvalue weighted by atomic mass is 10.2. The van der Waals surface area contributed by atoms with Crippen LogP contribution in [-0.2, 0) is 26.0 Å². The second-order valence-corrected chi connectivity index (χ2v) is 7.16. The van der Waals surface area contributed by atoms with Gasteiger partial charge in [0.2, 0.25) is 21.8 Å². The molecule has 2 aromatic rings. The number of rotatable bonds is 5.